The second-order valence-corrected chi connectivity index (χ2v) is 10.8. The number of thiophene rings is 1. The molecule has 0 bridgehead atoms. The van der Waals surface area contributed by atoms with Crippen LogP contribution in [0.2, 0.25) is 0 Å². The van der Waals surface area contributed by atoms with E-state index in [4.69, 9.17) is 0 Å². The van der Waals surface area contributed by atoms with Crippen LogP contribution in [0.4, 0.5) is 0 Å². The second kappa shape index (κ2) is 9.48. The lowest BCUT2D eigenvalue weighted by molar-refractivity contribution is 0.103. The van der Waals surface area contributed by atoms with Crippen molar-refractivity contribution in [3.63, 3.8) is 0 Å². The van der Waals surface area contributed by atoms with E-state index < -0.39 is 0 Å². The summed E-state index contributed by atoms with van der Waals surface area (Å²) >= 11 is 1.61. The van der Waals surface area contributed by atoms with Gasteiger partial charge in [-0.3, -0.25) is 4.79 Å². The minimum atomic E-state index is 0.0707. The number of benzene rings is 4. The van der Waals surface area contributed by atoms with Crippen LogP contribution in [-0.2, 0) is 5.41 Å². The third-order valence-corrected chi connectivity index (χ3v) is 7.35. The van der Waals surface area contributed by atoms with E-state index in [-0.39, 0.29) is 11.2 Å². The first-order valence-corrected chi connectivity index (χ1v) is 12.8. The van der Waals surface area contributed by atoms with E-state index in [1.807, 2.05) is 29.6 Å². The average molecular weight is 473 g/mol. The minimum absolute atomic E-state index is 0.0707. The third-order valence-electron chi connectivity index (χ3n) is 6.37. The van der Waals surface area contributed by atoms with Crippen molar-refractivity contribution in [1.82, 2.24) is 0 Å². The number of rotatable bonds is 5. The second-order valence-electron chi connectivity index (χ2n) is 9.85. The highest BCUT2D eigenvalue weighted by Crippen LogP contribution is 2.34. The number of carbonyl (C=O) groups excluding carboxylic acids is 1. The molecule has 0 N–H and O–H groups in total. The van der Waals surface area contributed by atoms with Crippen LogP contribution in [-0.4, -0.2) is 5.78 Å². The molecule has 4 aromatic carbocycles. The zero-order valence-corrected chi connectivity index (χ0v) is 21.1. The Bertz CT molecular complexity index is 1450. The molecule has 172 valence electrons. The van der Waals surface area contributed by atoms with Gasteiger partial charge in [0, 0.05) is 21.4 Å². The van der Waals surface area contributed by atoms with Gasteiger partial charge in [0.25, 0.3) is 0 Å². The fourth-order valence-corrected chi connectivity index (χ4v) is 5.21. The summed E-state index contributed by atoms with van der Waals surface area (Å²) in [5.41, 5.74) is 8.73. The summed E-state index contributed by atoms with van der Waals surface area (Å²) in [4.78, 5) is 14.2. The van der Waals surface area contributed by atoms with Gasteiger partial charge in [-0.2, -0.15) is 0 Å². The van der Waals surface area contributed by atoms with Crippen LogP contribution < -0.4 is 0 Å². The third kappa shape index (κ3) is 4.89. The van der Waals surface area contributed by atoms with Crippen molar-refractivity contribution >= 4 is 17.1 Å². The van der Waals surface area contributed by atoms with E-state index in [1.54, 1.807) is 11.3 Å². The molecule has 0 spiro atoms. The molecule has 5 aromatic rings. The highest BCUT2D eigenvalue weighted by atomic mass is 32.1. The highest BCUT2D eigenvalue weighted by molar-refractivity contribution is 7.13. The lowest BCUT2D eigenvalue weighted by atomic mass is 9.86. The summed E-state index contributed by atoms with van der Waals surface area (Å²) in [7, 11) is 0. The Balaban J connectivity index is 1.38. The van der Waals surface area contributed by atoms with Crippen molar-refractivity contribution in [2.45, 2.75) is 26.2 Å². The van der Waals surface area contributed by atoms with E-state index in [9.17, 15) is 4.79 Å². The number of ketones is 1. The molecule has 2 heteroatoms. The molecular weight excluding hydrogens is 444 g/mol. The van der Waals surface area contributed by atoms with E-state index in [2.05, 4.69) is 106 Å². The van der Waals surface area contributed by atoms with Crippen molar-refractivity contribution < 1.29 is 4.79 Å². The van der Waals surface area contributed by atoms with Gasteiger partial charge in [-0.05, 0) is 44.9 Å². The maximum Gasteiger partial charge on any atom is 0.193 e. The molecule has 1 aromatic heterocycles. The van der Waals surface area contributed by atoms with E-state index >= 15 is 0 Å². The summed E-state index contributed by atoms with van der Waals surface area (Å²) in [5, 5.41) is 1.97. The smallest absolute Gasteiger partial charge is 0.193 e. The van der Waals surface area contributed by atoms with Crippen LogP contribution in [0.25, 0.3) is 32.7 Å². The topological polar surface area (TPSA) is 17.1 Å². The molecule has 0 unspecified atom stereocenters. The predicted molar refractivity (Wildman–Crippen MR) is 149 cm³/mol. The predicted octanol–water partition coefficient (Wildman–Crippen LogP) is 9.28. The van der Waals surface area contributed by atoms with Crippen LogP contribution in [0.15, 0.2) is 115 Å². The van der Waals surface area contributed by atoms with Crippen molar-refractivity contribution in [2.75, 3.05) is 0 Å². The van der Waals surface area contributed by atoms with Crippen LogP contribution in [0, 0.1) is 0 Å². The lowest BCUT2D eigenvalue weighted by Gasteiger charge is -2.18. The van der Waals surface area contributed by atoms with E-state index in [0.29, 0.717) is 0 Å². The van der Waals surface area contributed by atoms with Crippen molar-refractivity contribution in [1.29, 1.82) is 0 Å². The standard InChI is InChI=1S/C33H28OS/c1-33(2,3)28-19-17-26(18-20-28)32(34)27-21-31(35-22-27)25-15-13-24(14-16-25)30-12-8-7-11-29(30)23-9-5-4-6-10-23/h4-22H,1-3H3. The Morgan fingerprint density at radius 2 is 1.14 bits per heavy atom. The largest absolute Gasteiger partial charge is 0.289 e. The summed E-state index contributed by atoms with van der Waals surface area (Å²) in [5.74, 6) is 0.0707. The van der Waals surface area contributed by atoms with Crippen molar-refractivity contribution in [3.8, 4) is 32.7 Å². The summed E-state index contributed by atoms with van der Waals surface area (Å²) in [6, 6.07) is 37.7. The fourth-order valence-electron chi connectivity index (χ4n) is 4.31. The van der Waals surface area contributed by atoms with Gasteiger partial charge in [-0.1, -0.05) is 124 Å². The summed E-state index contributed by atoms with van der Waals surface area (Å²) in [6.07, 6.45) is 0. The van der Waals surface area contributed by atoms with Crippen LogP contribution in [0.1, 0.15) is 42.3 Å². The molecular formula is C33H28OS. The molecule has 0 saturated heterocycles. The van der Waals surface area contributed by atoms with Gasteiger partial charge in [0.2, 0.25) is 0 Å². The first-order valence-electron chi connectivity index (χ1n) is 11.9. The number of hydrogen-bond donors (Lipinski definition) is 0. The lowest BCUT2D eigenvalue weighted by Crippen LogP contribution is -2.11. The Kier molecular flexibility index (Phi) is 6.23. The monoisotopic (exact) mass is 472 g/mol. The maximum absolute atomic E-state index is 13.1. The highest BCUT2D eigenvalue weighted by Gasteiger charge is 2.16. The van der Waals surface area contributed by atoms with Gasteiger partial charge >= 0.3 is 0 Å². The summed E-state index contributed by atoms with van der Waals surface area (Å²) in [6.45, 7) is 6.54. The van der Waals surface area contributed by atoms with E-state index in [1.165, 1.54) is 27.8 Å². The quantitative estimate of drug-likeness (QED) is 0.233. The zero-order chi connectivity index (χ0) is 24.4. The van der Waals surface area contributed by atoms with Gasteiger partial charge in [0.15, 0.2) is 5.78 Å². The average Bonchev–Trinajstić information content (AvgIpc) is 3.39. The molecule has 35 heavy (non-hydrogen) atoms. The Morgan fingerprint density at radius 3 is 1.74 bits per heavy atom. The SMILES string of the molecule is CC(C)(C)c1ccc(C(=O)c2csc(-c3ccc(-c4ccccc4-c4ccccc4)cc3)c2)cc1. The van der Waals surface area contributed by atoms with Crippen LogP contribution in [0.3, 0.4) is 0 Å². The zero-order valence-electron chi connectivity index (χ0n) is 20.3. The Hall–Kier alpha value is -3.75. The normalized spacial score (nSPS) is 11.4. The molecule has 0 fully saturated rings. The molecule has 1 heterocycles. The van der Waals surface area contributed by atoms with Crippen LogP contribution in [0.5, 0.6) is 0 Å². The van der Waals surface area contributed by atoms with Gasteiger partial charge in [0.1, 0.15) is 0 Å². The molecule has 0 aliphatic heterocycles. The number of carbonyl (C=O) groups is 1. The van der Waals surface area contributed by atoms with E-state index in [0.717, 1.165) is 21.6 Å². The maximum atomic E-state index is 13.1. The molecule has 0 atom stereocenters. The van der Waals surface area contributed by atoms with Crippen molar-refractivity contribution in [3.05, 3.63) is 131 Å². The molecule has 5 rings (SSSR count). The van der Waals surface area contributed by atoms with Gasteiger partial charge in [-0.15, -0.1) is 11.3 Å². The van der Waals surface area contributed by atoms with Gasteiger partial charge < -0.3 is 0 Å². The molecule has 0 aliphatic carbocycles. The molecule has 0 saturated carbocycles. The summed E-state index contributed by atoms with van der Waals surface area (Å²) < 4.78 is 0. The Labute approximate surface area is 211 Å². The van der Waals surface area contributed by atoms with Crippen LogP contribution >= 0.6 is 11.3 Å². The van der Waals surface area contributed by atoms with Gasteiger partial charge in [0.05, 0.1) is 0 Å². The van der Waals surface area contributed by atoms with Gasteiger partial charge in [-0.25, -0.2) is 0 Å². The Morgan fingerprint density at radius 1 is 0.600 bits per heavy atom. The first-order chi connectivity index (χ1) is 16.9. The molecule has 0 radical (unpaired) electrons. The first kappa shape index (κ1) is 23.0. The minimum Gasteiger partial charge on any atom is -0.289 e. The molecule has 1 nitrogen and oxygen atoms in total. The number of hydrogen-bond acceptors (Lipinski definition) is 2. The fraction of sp³-hybridized carbons (Fsp3) is 0.121. The van der Waals surface area contributed by atoms with Crippen molar-refractivity contribution in [2.24, 2.45) is 0 Å². The molecule has 0 amide bonds. The molecule has 0 aliphatic rings.